The van der Waals surface area contributed by atoms with Crippen molar-refractivity contribution in [1.29, 1.82) is 5.26 Å². The van der Waals surface area contributed by atoms with Gasteiger partial charge in [0.05, 0.1) is 21.2 Å². The number of anilines is 2. The van der Waals surface area contributed by atoms with Crippen molar-refractivity contribution in [1.82, 2.24) is 30.2 Å². The minimum Gasteiger partial charge on any atom is -0.349 e. The number of carbonyl (C=O) groups is 4. The molecular weight excluding hydrogens is 1040 g/mol. The minimum absolute atomic E-state index is 0.0240. The number of nitriles is 1. The second-order valence-electron chi connectivity index (χ2n) is 14.3. The van der Waals surface area contributed by atoms with Crippen LogP contribution in [-0.4, -0.2) is 66.6 Å². The number of nitrogens with zero attached hydrogens (tertiary/aromatic N) is 5. The average molecular weight is 1070 g/mol. The van der Waals surface area contributed by atoms with E-state index in [2.05, 4.69) is 20.8 Å². The van der Waals surface area contributed by atoms with E-state index in [1.54, 1.807) is 6.07 Å². The Labute approximate surface area is 390 Å². The molecule has 1 saturated carbocycles. The third kappa shape index (κ3) is 12.1. The molecule has 2 aromatic heterocycles. The molecule has 1 aliphatic rings. The molecule has 1 unspecified atom stereocenters. The quantitative estimate of drug-likeness (QED) is 0.0657. The summed E-state index contributed by atoms with van der Waals surface area (Å²) in [4.78, 5) is 47.9. The zero-order valence-corrected chi connectivity index (χ0v) is 36.5. The Hall–Kier alpha value is -6.02. The van der Waals surface area contributed by atoms with E-state index in [1.807, 2.05) is 10.6 Å². The maximum absolute atomic E-state index is 13.8. The van der Waals surface area contributed by atoms with Crippen LogP contribution in [0, 0.1) is 11.3 Å². The van der Waals surface area contributed by atoms with E-state index in [1.165, 1.54) is 6.92 Å². The highest BCUT2D eigenvalue weighted by molar-refractivity contribution is 6.35. The summed E-state index contributed by atoms with van der Waals surface area (Å²) >= 11 is 17.7. The van der Waals surface area contributed by atoms with Gasteiger partial charge in [0.2, 0.25) is 5.00 Å². The van der Waals surface area contributed by atoms with Crippen molar-refractivity contribution in [3.63, 3.8) is 0 Å². The lowest BCUT2D eigenvalue weighted by Crippen LogP contribution is -2.42. The van der Waals surface area contributed by atoms with Crippen LogP contribution in [0.4, 0.5) is 81.6 Å². The van der Waals surface area contributed by atoms with Gasteiger partial charge in [-0.25, -0.2) is 0 Å². The number of rotatable bonds is 11. The van der Waals surface area contributed by atoms with Crippen LogP contribution in [0.5, 0.6) is 0 Å². The molecule has 2 heterocycles. The first-order valence-corrected chi connectivity index (χ1v) is 19.6. The number of hydrogen-bond acceptors (Lipinski definition) is 7. The number of hydrogen-bond donors (Lipinski definition) is 4. The first-order chi connectivity index (χ1) is 31.3. The zero-order chi connectivity index (χ0) is 52.8. The SMILES string of the molecule is CCC(Cl)(C#N)NC(=O)c1cc(NC(=O)c2c(C(F)(F)F)c(C(F)(F)C(F)(F)F)nn2C)ccc1Cl.Cn1nc(C(F)(F)C(F)(F)F)c(C(F)(F)F)c1C(=O)Nc1ccc(Cl)c(C(=O)NC2CC2)c1. The fraction of sp³-hybridized carbons (Fsp3) is 0.378. The summed E-state index contributed by atoms with van der Waals surface area (Å²) in [5, 5.41) is 22.6. The molecule has 2 aromatic carbocycles. The normalized spacial score (nSPS) is 14.4. The lowest BCUT2D eigenvalue weighted by molar-refractivity contribution is -0.292. The second kappa shape index (κ2) is 19.4. The summed E-state index contributed by atoms with van der Waals surface area (Å²) in [7, 11) is 1.17. The predicted octanol–water partition coefficient (Wildman–Crippen LogP) is 10.5. The van der Waals surface area contributed by atoms with Crippen molar-refractivity contribution < 1.29 is 89.4 Å². The van der Waals surface area contributed by atoms with Crippen LogP contribution in [0.25, 0.3) is 0 Å². The van der Waals surface area contributed by atoms with E-state index < -0.39 is 110 Å². The number of aryl methyl sites for hydroxylation is 2. The van der Waals surface area contributed by atoms with Gasteiger partial charge < -0.3 is 21.3 Å². The molecule has 4 N–H and O–H groups in total. The molecule has 0 saturated heterocycles. The predicted molar refractivity (Wildman–Crippen MR) is 208 cm³/mol. The summed E-state index contributed by atoms with van der Waals surface area (Å²) in [6.07, 6.45) is -23.0. The van der Waals surface area contributed by atoms with Gasteiger partial charge in [0.15, 0.2) is 11.4 Å². The van der Waals surface area contributed by atoms with Crippen LogP contribution >= 0.6 is 34.8 Å². The van der Waals surface area contributed by atoms with Crippen LogP contribution in [0.2, 0.25) is 10.0 Å². The Morgan fingerprint density at radius 1 is 0.652 bits per heavy atom. The second-order valence-corrected chi connectivity index (χ2v) is 15.8. The van der Waals surface area contributed by atoms with E-state index in [4.69, 9.17) is 40.1 Å². The Bertz CT molecular complexity index is 2710. The molecule has 1 atom stereocenters. The van der Waals surface area contributed by atoms with Crippen LogP contribution in [-0.2, 0) is 38.3 Å². The molecule has 376 valence electrons. The molecular formula is C37H26Cl3F16N9O4. The fourth-order valence-electron chi connectivity index (χ4n) is 5.68. The summed E-state index contributed by atoms with van der Waals surface area (Å²) in [5.74, 6) is -17.1. The summed E-state index contributed by atoms with van der Waals surface area (Å²) in [6, 6.07) is 7.72. The molecule has 13 nitrogen and oxygen atoms in total. The number of aromatic nitrogens is 4. The number of halogens is 19. The molecule has 0 radical (unpaired) electrons. The molecule has 0 aliphatic heterocycles. The number of nitrogens with one attached hydrogen (secondary N) is 4. The fourth-order valence-corrected chi connectivity index (χ4v) is 6.17. The van der Waals surface area contributed by atoms with Gasteiger partial charge in [-0.3, -0.25) is 28.5 Å². The van der Waals surface area contributed by atoms with Gasteiger partial charge in [0.25, 0.3) is 23.6 Å². The lowest BCUT2D eigenvalue weighted by Gasteiger charge is -2.20. The first-order valence-electron chi connectivity index (χ1n) is 18.5. The smallest absolute Gasteiger partial charge is 0.349 e. The molecule has 1 aliphatic carbocycles. The molecule has 69 heavy (non-hydrogen) atoms. The van der Waals surface area contributed by atoms with Crippen molar-refractivity contribution in [2.45, 2.75) is 73.8 Å². The topological polar surface area (TPSA) is 176 Å². The monoisotopic (exact) mass is 1070 g/mol. The Morgan fingerprint density at radius 3 is 1.32 bits per heavy atom. The van der Waals surface area contributed by atoms with Crippen LogP contribution in [0.3, 0.4) is 0 Å². The van der Waals surface area contributed by atoms with Crippen molar-refractivity contribution in [2.24, 2.45) is 14.1 Å². The van der Waals surface area contributed by atoms with Crippen LogP contribution in [0.1, 0.15) is 90.4 Å². The standard InChI is InChI=1S/C19H13Cl2F8N5O2.C18H13ClF8N4O2/c1-3-16(21,7-30)32-14(35)9-6-8(4-5-10(9)20)31-15(36)12-11(18(24,25)26)13(33-34(12)2)17(22,23)19(27,28)29;1-31-12(11(17(22,23)24)13(30-31)16(20,21)18(25,26)27)15(33)29-8-4-5-10(19)9(6-8)14(32)28-7-2-3-7/h4-6H,3H2,1-2H3,(H,31,36)(H,32,35);4-7H,2-3H2,1H3,(H,28,32)(H,29,33). The Morgan fingerprint density at radius 2 is 1.01 bits per heavy atom. The van der Waals surface area contributed by atoms with E-state index in [0.717, 1.165) is 49.2 Å². The third-order valence-corrected chi connectivity index (χ3v) is 10.3. The number of alkyl halides is 17. The van der Waals surface area contributed by atoms with Gasteiger partial charge in [-0.05, 0) is 55.7 Å². The van der Waals surface area contributed by atoms with Crippen molar-refractivity contribution in [3.05, 3.63) is 91.5 Å². The van der Waals surface area contributed by atoms with Crippen molar-refractivity contribution in [3.8, 4) is 6.07 Å². The van der Waals surface area contributed by atoms with Gasteiger partial charge in [-0.15, -0.1) is 0 Å². The molecule has 0 spiro atoms. The van der Waals surface area contributed by atoms with Gasteiger partial charge in [-0.1, -0.05) is 41.7 Å². The minimum atomic E-state index is -6.44. The number of benzene rings is 2. The highest BCUT2D eigenvalue weighted by Crippen LogP contribution is 2.50. The van der Waals surface area contributed by atoms with E-state index >= 15 is 0 Å². The molecule has 4 amide bonds. The maximum atomic E-state index is 13.8. The molecule has 4 aromatic rings. The van der Waals surface area contributed by atoms with E-state index in [0.29, 0.717) is 14.1 Å². The summed E-state index contributed by atoms with van der Waals surface area (Å²) in [5.41, 5.74) is -14.9. The van der Waals surface area contributed by atoms with Crippen LogP contribution in [0.15, 0.2) is 36.4 Å². The summed E-state index contributed by atoms with van der Waals surface area (Å²) in [6.45, 7) is 1.47. The Kier molecular flexibility index (Phi) is 15.6. The van der Waals surface area contributed by atoms with Gasteiger partial charge in [-0.2, -0.15) is 85.7 Å². The molecule has 0 bridgehead atoms. The Balaban J connectivity index is 0.000000301. The molecule has 1 fully saturated rings. The van der Waals surface area contributed by atoms with Gasteiger partial charge in [0.1, 0.15) is 28.6 Å². The average Bonchev–Trinajstić information content (AvgIpc) is 3.83. The number of carbonyl (C=O) groups excluding carboxylic acids is 4. The van der Waals surface area contributed by atoms with Gasteiger partial charge >= 0.3 is 36.6 Å². The zero-order valence-electron chi connectivity index (χ0n) is 34.2. The molecule has 32 heteroatoms. The third-order valence-electron chi connectivity index (χ3n) is 9.22. The van der Waals surface area contributed by atoms with Gasteiger partial charge in [0, 0.05) is 31.5 Å². The van der Waals surface area contributed by atoms with E-state index in [-0.39, 0.29) is 43.1 Å². The summed E-state index contributed by atoms with van der Waals surface area (Å²) < 4.78 is 212. The maximum Gasteiger partial charge on any atom is 0.459 e. The first kappa shape index (κ1) is 55.6. The highest BCUT2D eigenvalue weighted by Gasteiger charge is 2.65. The molecule has 5 rings (SSSR count). The van der Waals surface area contributed by atoms with Crippen molar-refractivity contribution >= 4 is 69.8 Å². The number of amides is 4. The van der Waals surface area contributed by atoms with Crippen LogP contribution < -0.4 is 21.3 Å². The lowest BCUT2D eigenvalue weighted by atomic mass is 10.1. The largest absolute Gasteiger partial charge is 0.459 e. The van der Waals surface area contributed by atoms with E-state index in [9.17, 15) is 89.4 Å². The van der Waals surface area contributed by atoms with Crippen molar-refractivity contribution in [2.75, 3.05) is 10.6 Å². The highest BCUT2D eigenvalue weighted by atomic mass is 35.5.